The lowest BCUT2D eigenvalue weighted by Gasteiger charge is -2.13. The van der Waals surface area contributed by atoms with E-state index >= 15 is 0 Å². The van der Waals surface area contributed by atoms with Crippen molar-refractivity contribution in [1.29, 1.82) is 0 Å². The zero-order chi connectivity index (χ0) is 15.1. The highest BCUT2D eigenvalue weighted by molar-refractivity contribution is 5.21. The van der Waals surface area contributed by atoms with Crippen LogP contribution < -0.4 is 5.56 Å². The molecule has 0 spiro atoms. The van der Waals surface area contributed by atoms with Crippen molar-refractivity contribution in [2.75, 3.05) is 7.11 Å². The van der Waals surface area contributed by atoms with Crippen LogP contribution in [0.15, 0.2) is 40.9 Å². The van der Waals surface area contributed by atoms with Crippen LogP contribution in [0.1, 0.15) is 26.0 Å². The number of nitrogens with zero attached hydrogens (tertiary/aromatic N) is 1. The molecule has 4 nitrogen and oxygen atoms in total. The topological polar surface area (TPSA) is 51.5 Å². The molecule has 0 saturated heterocycles. The van der Waals surface area contributed by atoms with Crippen LogP contribution in [0.5, 0.6) is 5.75 Å². The summed E-state index contributed by atoms with van der Waals surface area (Å²) in [5.41, 5.74) is 0.593. The number of hydrogen-bond donors (Lipinski definition) is 1. The Balaban J connectivity index is 2.70. The van der Waals surface area contributed by atoms with E-state index in [9.17, 15) is 9.90 Å². The summed E-state index contributed by atoms with van der Waals surface area (Å²) >= 11 is 0. The van der Waals surface area contributed by atoms with Gasteiger partial charge in [-0.15, -0.1) is 0 Å². The van der Waals surface area contributed by atoms with E-state index in [1.54, 1.807) is 17.7 Å². The maximum atomic E-state index is 11.8. The van der Waals surface area contributed by atoms with Crippen molar-refractivity contribution in [2.45, 2.75) is 33.7 Å². The Hall–Kier alpha value is -1.97. The monoisotopic (exact) mass is 277 g/mol. The number of aromatic nitrogens is 1. The summed E-state index contributed by atoms with van der Waals surface area (Å²) in [6.45, 7) is 6.41. The Kier molecular flexibility index (Phi) is 6.10. The van der Waals surface area contributed by atoms with Crippen LogP contribution in [-0.2, 0) is 11.3 Å². The minimum atomic E-state index is -0.172. The van der Waals surface area contributed by atoms with Gasteiger partial charge in [-0.05, 0) is 31.9 Å². The van der Waals surface area contributed by atoms with Gasteiger partial charge in [-0.25, -0.2) is 0 Å². The van der Waals surface area contributed by atoms with Crippen molar-refractivity contribution in [3.05, 3.63) is 52.2 Å². The smallest absolute Gasteiger partial charge is 0.254 e. The fraction of sp³-hybridized carbons (Fsp3) is 0.438. The molecule has 1 atom stereocenters. The second-order valence-electron chi connectivity index (χ2n) is 4.87. The van der Waals surface area contributed by atoms with Crippen molar-refractivity contribution in [3.63, 3.8) is 0 Å². The minimum absolute atomic E-state index is 0.0183. The molecule has 1 unspecified atom stereocenters. The molecule has 0 aliphatic rings. The number of aromatic hydroxyl groups is 1. The highest BCUT2D eigenvalue weighted by atomic mass is 16.5. The van der Waals surface area contributed by atoms with E-state index in [4.69, 9.17) is 4.74 Å². The molecule has 0 saturated carbocycles. The summed E-state index contributed by atoms with van der Waals surface area (Å²) < 4.78 is 6.85. The van der Waals surface area contributed by atoms with Gasteiger partial charge in [0.1, 0.15) is 5.75 Å². The fourth-order valence-electron chi connectivity index (χ4n) is 2.03. The van der Waals surface area contributed by atoms with Gasteiger partial charge in [-0.3, -0.25) is 4.79 Å². The van der Waals surface area contributed by atoms with Gasteiger partial charge >= 0.3 is 0 Å². The average molecular weight is 277 g/mol. The van der Waals surface area contributed by atoms with Crippen LogP contribution in [-0.4, -0.2) is 16.8 Å². The van der Waals surface area contributed by atoms with Crippen molar-refractivity contribution in [1.82, 2.24) is 4.57 Å². The molecule has 4 heteroatoms. The number of aryl methyl sites for hydroxylation is 1. The number of hydrogen-bond acceptors (Lipinski definition) is 3. The van der Waals surface area contributed by atoms with Gasteiger partial charge in [0.05, 0.1) is 12.9 Å². The number of rotatable bonds is 6. The first-order valence-electron chi connectivity index (χ1n) is 6.74. The Morgan fingerprint density at radius 3 is 2.75 bits per heavy atom. The lowest BCUT2D eigenvalue weighted by Crippen LogP contribution is -2.23. The van der Waals surface area contributed by atoms with Gasteiger partial charge < -0.3 is 14.4 Å². The predicted molar refractivity (Wildman–Crippen MR) is 80.8 cm³/mol. The van der Waals surface area contributed by atoms with E-state index in [1.165, 1.54) is 6.07 Å². The maximum absolute atomic E-state index is 11.8. The molecular weight excluding hydrogens is 254 g/mol. The third-order valence-corrected chi connectivity index (χ3v) is 3.16. The maximum Gasteiger partial charge on any atom is 0.254 e. The Labute approximate surface area is 120 Å². The molecule has 20 heavy (non-hydrogen) atoms. The summed E-state index contributed by atoms with van der Waals surface area (Å²) in [4.78, 5) is 11.8. The van der Waals surface area contributed by atoms with Gasteiger partial charge in [0.15, 0.2) is 0 Å². The summed E-state index contributed by atoms with van der Waals surface area (Å²) in [6, 6.07) is 2.84. The molecule has 1 aromatic heterocycles. The van der Waals surface area contributed by atoms with Crippen LogP contribution >= 0.6 is 0 Å². The van der Waals surface area contributed by atoms with Crippen LogP contribution in [0.2, 0.25) is 0 Å². The largest absolute Gasteiger partial charge is 0.508 e. The molecule has 0 fully saturated rings. The van der Waals surface area contributed by atoms with Gasteiger partial charge in [0.25, 0.3) is 5.56 Å². The Morgan fingerprint density at radius 1 is 1.50 bits per heavy atom. The van der Waals surface area contributed by atoms with Crippen LogP contribution in [0, 0.1) is 12.8 Å². The molecule has 110 valence electrons. The minimum Gasteiger partial charge on any atom is -0.508 e. The fourth-order valence-corrected chi connectivity index (χ4v) is 2.03. The number of ether oxygens (including phenoxy) is 1. The summed E-state index contributed by atoms with van der Waals surface area (Å²) in [5, 5.41) is 9.36. The molecule has 0 aromatic carbocycles. The van der Waals surface area contributed by atoms with Gasteiger partial charge in [-0.1, -0.05) is 19.1 Å². The average Bonchev–Trinajstić information content (AvgIpc) is 2.39. The molecule has 0 aliphatic carbocycles. The molecule has 1 aromatic rings. The first kappa shape index (κ1) is 16.1. The van der Waals surface area contributed by atoms with E-state index in [0.717, 1.165) is 17.9 Å². The first-order chi connectivity index (χ1) is 9.47. The molecule has 1 N–H and O–H groups in total. The quantitative estimate of drug-likeness (QED) is 0.642. The van der Waals surface area contributed by atoms with E-state index in [1.807, 2.05) is 26.0 Å². The summed E-state index contributed by atoms with van der Waals surface area (Å²) in [6.07, 6.45) is 6.80. The van der Waals surface area contributed by atoms with E-state index in [2.05, 4.69) is 13.0 Å². The third-order valence-electron chi connectivity index (χ3n) is 3.16. The zero-order valence-corrected chi connectivity index (χ0v) is 12.6. The number of allylic oxidation sites excluding steroid dienone is 3. The Morgan fingerprint density at radius 2 is 2.20 bits per heavy atom. The molecule has 0 bridgehead atoms. The highest BCUT2D eigenvalue weighted by Gasteiger charge is 2.05. The second-order valence-corrected chi connectivity index (χ2v) is 4.87. The van der Waals surface area contributed by atoms with Gasteiger partial charge in [0.2, 0.25) is 0 Å². The molecule has 1 rings (SSSR count). The van der Waals surface area contributed by atoms with Crippen molar-refractivity contribution in [3.8, 4) is 5.75 Å². The standard InChI is InChI=1S/C16H23NO3/c1-5-15(20-4)8-6-7-12(2)11-17-13(3)9-14(18)10-16(17)19/h5-7,9-10,12,18H,8,11H2,1-4H3/b7-6-,15-5+. The zero-order valence-electron chi connectivity index (χ0n) is 12.6. The SMILES string of the molecule is C/C=C(\C/C=C\C(C)Cn1c(C)cc(O)cc1=O)OC. The van der Waals surface area contributed by atoms with Crippen molar-refractivity contribution >= 4 is 0 Å². The number of pyridine rings is 1. The molecule has 0 aliphatic heterocycles. The molecule has 1 heterocycles. The van der Waals surface area contributed by atoms with E-state index in [-0.39, 0.29) is 17.2 Å². The highest BCUT2D eigenvalue weighted by Crippen LogP contribution is 2.11. The molecule has 0 amide bonds. The lowest BCUT2D eigenvalue weighted by atomic mass is 10.1. The van der Waals surface area contributed by atoms with Gasteiger partial charge in [-0.2, -0.15) is 0 Å². The van der Waals surface area contributed by atoms with Crippen molar-refractivity contribution in [2.24, 2.45) is 5.92 Å². The van der Waals surface area contributed by atoms with Gasteiger partial charge in [0, 0.05) is 24.7 Å². The first-order valence-corrected chi connectivity index (χ1v) is 6.74. The second kappa shape index (κ2) is 7.58. The van der Waals surface area contributed by atoms with Crippen molar-refractivity contribution < 1.29 is 9.84 Å². The summed E-state index contributed by atoms with van der Waals surface area (Å²) in [7, 11) is 1.66. The van der Waals surface area contributed by atoms with Crippen LogP contribution in [0.3, 0.4) is 0 Å². The van der Waals surface area contributed by atoms with Crippen LogP contribution in [0.4, 0.5) is 0 Å². The van der Waals surface area contributed by atoms with Crippen LogP contribution in [0.25, 0.3) is 0 Å². The van der Waals surface area contributed by atoms with E-state index in [0.29, 0.717) is 6.54 Å². The normalized spacial score (nSPS) is 13.7. The Bertz CT molecular complexity index is 555. The third kappa shape index (κ3) is 4.61. The van der Waals surface area contributed by atoms with E-state index < -0.39 is 0 Å². The molecule has 0 radical (unpaired) electrons. The molecular formula is C16H23NO3. The predicted octanol–water partition coefficient (Wildman–Crippen LogP) is 2.99. The lowest BCUT2D eigenvalue weighted by molar-refractivity contribution is 0.284. The number of methoxy groups -OCH3 is 1. The summed E-state index contributed by atoms with van der Waals surface area (Å²) in [5.74, 6) is 1.17.